The lowest BCUT2D eigenvalue weighted by Gasteiger charge is -2.20. The van der Waals surface area contributed by atoms with E-state index >= 15 is 0 Å². The van der Waals surface area contributed by atoms with Crippen molar-refractivity contribution in [1.29, 1.82) is 0 Å². The maximum Gasteiger partial charge on any atom is 0.0797 e. The van der Waals surface area contributed by atoms with Crippen LogP contribution >= 0.6 is 0 Å². The number of nitrogens with zero attached hydrogens (tertiary/aromatic N) is 2. The van der Waals surface area contributed by atoms with Crippen molar-refractivity contribution in [3.05, 3.63) is 53.3 Å². The van der Waals surface area contributed by atoms with Crippen LogP contribution in [0.1, 0.15) is 50.6 Å². The molecule has 1 aromatic carbocycles. The molecule has 1 atom stereocenters. The Balaban J connectivity index is 2.14. The van der Waals surface area contributed by atoms with Gasteiger partial charge in [-0.15, -0.1) is 0 Å². The summed E-state index contributed by atoms with van der Waals surface area (Å²) in [6.07, 6.45) is 2.97. The fourth-order valence-electron chi connectivity index (χ4n) is 2.52. The van der Waals surface area contributed by atoms with Crippen LogP contribution in [0.25, 0.3) is 0 Å². The molecule has 114 valence electrons. The summed E-state index contributed by atoms with van der Waals surface area (Å²) in [5.74, 6) is 0. The first-order chi connectivity index (χ1) is 9.90. The van der Waals surface area contributed by atoms with E-state index in [0.717, 1.165) is 18.7 Å². The maximum absolute atomic E-state index is 4.54. The lowest BCUT2D eigenvalue weighted by molar-refractivity contribution is 0.527. The fourth-order valence-corrected chi connectivity index (χ4v) is 2.52. The summed E-state index contributed by atoms with van der Waals surface area (Å²) < 4.78 is 1.86. The molecule has 0 spiro atoms. The molecule has 2 rings (SSSR count). The topological polar surface area (TPSA) is 29.9 Å². The van der Waals surface area contributed by atoms with E-state index in [1.54, 1.807) is 0 Å². The zero-order valence-corrected chi connectivity index (χ0v) is 13.9. The molecule has 2 aromatic rings. The third kappa shape index (κ3) is 4.18. The third-order valence-corrected chi connectivity index (χ3v) is 3.80. The largest absolute Gasteiger partial charge is 0.309 e. The van der Waals surface area contributed by atoms with Crippen molar-refractivity contribution in [3.63, 3.8) is 0 Å². The van der Waals surface area contributed by atoms with Gasteiger partial charge in [0.25, 0.3) is 0 Å². The van der Waals surface area contributed by atoms with E-state index in [4.69, 9.17) is 0 Å². The molecule has 3 heteroatoms. The average Bonchev–Trinajstić information content (AvgIpc) is 2.84. The minimum Gasteiger partial charge on any atom is -0.309 e. The summed E-state index contributed by atoms with van der Waals surface area (Å²) in [6.45, 7) is 9.83. The van der Waals surface area contributed by atoms with Gasteiger partial charge < -0.3 is 5.32 Å². The van der Waals surface area contributed by atoms with Crippen molar-refractivity contribution in [2.45, 2.75) is 45.6 Å². The number of hydrogen-bond acceptors (Lipinski definition) is 2. The Morgan fingerprint density at radius 3 is 2.29 bits per heavy atom. The van der Waals surface area contributed by atoms with Crippen LogP contribution in [-0.4, -0.2) is 16.3 Å². The molecule has 0 aliphatic carbocycles. The van der Waals surface area contributed by atoms with Crippen LogP contribution in [0.5, 0.6) is 0 Å². The molecule has 0 saturated carbocycles. The Hall–Kier alpha value is -1.61. The fraction of sp³-hybridized carbons (Fsp3) is 0.500. The lowest BCUT2D eigenvalue weighted by atomic mass is 9.86. The summed E-state index contributed by atoms with van der Waals surface area (Å²) in [4.78, 5) is 0. The lowest BCUT2D eigenvalue weighted by Crippen LogP contribution is -2.23. The van der Waals surface area contributed by atoms with E-state index in [1.165, 1.54) is 11.1 Å². The normalized spacial score (nSPS) is 13.4. The standard InChI is InChI=1S/C18H27N3/c1-6-19-17(16-11-12-21(5)20-16)13-14-7-9-15(10-8-14)18(2,3)4/h7-12,17,19H,6,13H2,1-5H3. The first-order valence-corrected chi connectivity index (χ1v) is 7.72. The van der Waals surface area contributed by atoms with Gasteiger partial charge in [-0.3, -0.25) is 4.68 Å². The monoisotopic (exact) mass is 285 g/mol. The maximum atomic E-state index is 4.54. The van der Waals surface area contributed by atoms with Crippen molar-refractivity contribution < 1.29 is 0 Å². The van der Waals surface area contributed by atoms with Crippen molar-refractivity contribution in [2.75, 3.05) is 6.54 Å². The van der Waals surface area contributed by atoms with Crippen LogP contribution in [0, 0.1) is 0 Å². The molecule has 0 saturated heterocycles. The Labute approximate surface area is 128 Å². The SMILES string of the molecule is CCNC(Cc1ccc(C(C)(C)C)cc1)c1ccn(C)n1. The molecule has 1 N–H and O–H groups in total. The number of rotatable bonds is 5. The first-order valence-electron chi connectivity index (χ1n) is 7.72. The predicted octanol–water partition coefficient (Wildman–Crippen LogP) is 3.61. The average molecular weight is 285 g/mol. The van der Waals surface area contributed by atoms with Gasteiger partial charge in [0.1, 0.15) is 0 Å². The number of aryl methyl sites for hydroxylation is 1. The Morgan fingerprint density at radius 1 is 1.14 bits per heavy atom. The minimum atomic E-state index is 0.209. The van der Waals surface area contributed by atoms with E-state index in [9.17, 15) is 0 Å². The predicted molar refractivity (Wildman–Crippen MR) is 88.5 cm³/mol. The highest BCUT2D eigenvalue weighted by molar-refractivity contribution is 5.28. The van der Waals surface area contributed by atoms with Crippen LogP contribution < -0.4 is 5.32 Å². The van der Waals surface area contributed by atoms with Crippen molar-refractivity contribution >= 4 is 0 Å². The zero-order chi connectivity index (χ0) is 15.5. The van der Waals surface area contributed by atoms with E-state index in [1.807, 2.05) is 17.9 Å². The van der Waals surface area contributed by atoms with Gasteiger partial charge >= 0.3 is 0 Å². The Bertz CT molecular complexity index is 561. The first kappa shape index (κ1) is 15.8. The summed E-state index contributed by atoms with van der Waals surface area (Å²) in [7, 11) is 1.96. The highest BCUT2D eigenvalue weighted by Gasteiger charge is 2.16. The summed E-state index contributed by atoms with van der Waals surface area (Å²) in [5.41, 5.74) is 4.04. The number of benzene rings is 1. The second kappa shape index (κ2) is 6.44. The molecule has 0 fully saturated rings. The molecule has 1 heterocycles. The number of likely N-dealkylation sites (N-methyl/N-ethyl adjacent to an activating group) is 1. The molecule has 21 heavy (non-hydrogen) atoms. The van der Waals surface area contributed by atoms with Crippen molar-refractivity contribution in [2.24, 2.45) is 7.05 Å². The van der Waals surface area contributed by atoms with Crippen molar-refractivity contribution in [3.8, 4) is 0 Å². The second-order valence-corrected chi connectivity index (χ2v) is 6.68. The van der Waals surface area contributed by atoms with Crippen LogP contribution in [0.3, 0.4) is 0 Å². The molecule has 0 aliphatic heterocycles. The number of aromatic nitrogens is 2. The third-order valence-electron chi connectivity index (χ3n) is 3.80. The molecule has 1 aromatic heterocycles. The summed E-state index contributed by atoms with van der Waals surface area (Å²) >= 11 is 0. The Morgan fingerprint density at radius 2 is 1.81 bits per heavy atom. The van der Waals surface area contributed by atoms with Gasteiger partial charge in [0, 0.05) is 13.2 Å². The number of hydrogen-bond donors (Lipinski definition) is 1. The van der Waals surface area contributed by atoms with Crippen LogP contribution in [-0.2, 0) is 18.9 Å². The molecular weight excluding hydrogens is 258 g/mol. The quantitative estimate of drug-likeness (QED) is 0.909. The smallest absolute Gasteiger partial charge is 0.0797 e. The van der Waals surface area contributed by atoms with Crippen LogP contribution in [0.2, 0.25) is 0 Å². The molecule has 0 aliphatic rings. The van der Waals surface area contributed by atoms with Gasteiger partial charge in [-0.2, -0.15) is 5.10 Å². The van der Waals surface area contributed by atoms with Crippen molar-refractivity contribution in [1.82, 2.24) is 15.1 Å². The Kier molecular flexibility index (Phi) is 4.84. The highest BCUT2D eigenvalue weighted by Crippen LogP contribution is 2.24. The zero-order valence-electron chi connectivity index (χ0n) is 13.9. The van der Waals surface area contributed by atoms with Gasteiger partial charge in [-0.1, -0.05) is 52.0 Å². The second-order valence-electron chi connectivity index (χ2n) is 6.68. The van der Waals surface area contributed by atoms with E-state index in [-0.39, 0.29) is 11.5 Å². The van der Waals surface area contributed by atoms with Crippen LogP contribution in [0.15, 0.2) is 36.5 Å². The van der Waals surface area contributed by atoms with E-state index in [0.29, 0.717) is 0 Å². The van der Waals surface area contributed by atoms with E-state index < -0.39 is 0 Å². The van der Waals surface area contributed by atoms with E-state index in [2.05, 4.69) is 68.4 Å². The summed E-state index contributed by atoms with van der Waals surface area (Å²) in [6, 6.07) is 11.4. The van der Waals surface area contributed by atoms with Gasteiger partial charge in [0.2, 0.25) is 0 Å². The van der Waals surface area contributed by atoms with Gasteiger partial charge in [0.15, 0.2) is 0 Å². The summed E-state index contributed by atoms with van der Waals surface area (Å²) in [5, 5.41) is 8.07. The van der Waals surface area contributed by atoms with Gasteiger partial charge in [-0.05, 0) is 35.6 Å². The minimum absolute atomic E-state index is 0.209. The van der Waals surface area contributed by atoms with Crippen LogP contribution in [0.4, 0.5) is 0 Å². The van der Waals surface area contributed by atoms with Gasteiger partial charge in [0.05, 0.1) is 11.7 Å². The number of nitrogens with one attached hydrogen (secondary N) is 1. The molecule has 3 nitrogen and oxygen atoms in total. The highest BCUT2D eigenvalue weighted by atomic mass is 15.3. The van der Waals surface area contributed by atoms with Gasteiger partial charge in [-0.25, -0.2) is 0 Å². The molecule has 0 radical (unpaired) electrons. The molecule has 1 unspecified atom stereocenters. The molecule has 0 amide bonds. The molecule has 0 bridgehead atoms. The molecular formula is C18H27N3.